The molecule has 1 aromatic heterocycles. The van der Waals surface area contributed by atoms with Crippen molar-refractivity contribution < 1.29 is 5.11 Å². The highest BCUT2D eigenvalue weighted by atomic mass is 16.3. The number of aliphatic hydroxyl groups excluding tert-OH is 1. The maximum Gasteiger partial charge on any atom is 0.0845 e. The van der Waals surface area contributed by atoms with Crippen molar-refractivity contribution in [2.45, 2.75) is 25.9 Å². The monoisotopic (exact) mass is 206 g/mol. The van der Waals surface area contributed by atoms with Crippen LogP contribution in [0.3, 0.4) is 0 Å². The predicted octanol–water partition coefficient (Wildman–Crippen LogP) is 1.42. The van der Waals surface area contributed by atoms with Gasteiger partial charge in [0.05, 0.1) is 6.10 Å². The summed E-state index contributed by atoms with van der Waals surface area (Å²) in [6.07, 6.45) is 5.47. The molecule has 1 aliphatic rings. The molecular formula is C12H18N2O. The number of nitrogens with zero attached hydrogens (tertiary/aromatic N) is 1. The van der Waals surface area contributed by atoms with Gasteiger partial charge in [-0.25, -0.2) is 0 Å². The largest absolute Gasteiger partial charge is 0.388 e. The summed E-state index contributed by atoms with van der Waals surface area (Å²) in [6.45, 7) is 3.99. The van der Waals surface area contributed by atoms with Gasteiger partial charge in [0, 0.05) is 24.9 Å². The number of aryl methyl sites for hydroxylation is 1. The number of hydrogen-bond acceptors (Lipinski definition) is 3. The van der Waals surface area contributed by atoms with Gasteiger partial charge in [0.2, 0.25) is 0 Å². The molecule has 0 bridgehead atoms. The van der Waals surface area contributed by atoms with Crippen LogP contribution in [-0.2, 0) is 0 Å². The third-order valence-electron chi connectivity index (χ3n) is 3.02. The minimum atomic E-state index is -0.370. The maximum absolute atomic E-state index is 10.2. The number of rotatable bonds is 2. The SMILES string of the molecule is Cc1cncc(C(O)C2CCCNC2)c1. The highest BCUT2D eigenvalue weighted by Gasteiger charge is 2.22. The van der Waals surface area contributed by atoms with Gasteiger partial charge in [-0.05, 0) is 37.4 Å². The smallest absolute Gasteiger partial charge is 0.0845 e. The lowest BCUT2D eigenvalue weighted by molar-refractivity contribution is 0.0918. The van der Waals surface area contributed by atoms with Crippen LogP contribution >= 0.6 is 0 Å². The van der Waals surface area contributed by atoms with Crippen LogP contribution in [-0.4, -0.2) is 23.2 Å². The average molecular weight is 206 g/mol. The van der Waals surface area contributed by atoms with Crippen molar-refractivity contribution in [1.82, 2.24) is 10.3 Å². The third-order valence-corrected chi connectivity index (χ3v) is 3.02. The van der Waals surface area contributed by atoms with Gasteiger partial charge in [-0.2, -0.15) is 0 Å². The van der Waals surface area contributed by atoms with Crippen LogP contribution < -0.4 is 5.32 Å². The summed E-state index contributed by atoms with van der Waals surface area (Å²) in [5, 5.41) is 13.5. The van der Waals surface area contributed by atoms with Gasteiger partial charge < -0.3 is 10.4 Å². The van der Waals surface area contributed by atoms with Crippen LogP contribution in [0.15, 0.2) is 18.5 Å². The highest BCUT2D eigenvalue weighted by molar-refractivity contribution is 5.19. The van der Waals surface area contributed by atoms with E-state index in [0.29, 0.717) is 5.92 Å². The van der Waals surface area contributed by atoms with E-state index < -0.39 is 0 Å². The molecule has 15 heavy (non-hydrogen) atoms. The summed E-state index contributed by atoms with van der Waals surface area (Å²) in [5.74, 6) is 0.336. The number of piperidine rings is 1. The average Bonchev–Trinajstić information content (AvgIpc) is 2.29. The van der Waals surface area contributed by atoms with E-state index in [-0.39, 0.29) is 6.10 Å². The Morgan fingerprint density at radius 3 is 3.07 bits per heavy atom. The summed E-state index contributed by atoms with van der Waals surface area (Å²) in [6, 6.07) is 2.02. The number of nitrogens with one attached hydrogen (secondary N) is 1. The summed E-state index contributed by atoms with van der Waals surface area (Å²) >= 11 is 0. The van der Waals surface area contributed by atoms with Crippen LogP contribution in [0.2, 0.25) is 0 Å². The molecule has 2 N–H and O–H groups in total. The van der Waals surface area contributed by atoms with Crippen molar-refractivity contribution in [3.05, 3.63) is 29.6 Å². The standard InChI is InChI=1S/C12H18N2O/c1-9-5-11(8-14-6-9)12(15)10-3-2-4-13-7-10/h5-6,8,10,12-13,15H,2-4,7H2,1H3. The Hall–Kier alpha value is -0.930. The Morgan fingerprint density at radius 2 is 2.40 bits per heavy atom. The summed E-state index contributed by atoms with van der Waals surface area (Å²) in [4.78, 5) is 4.12. The van der Waals surface area contributed by atoms with Gasteiger partial charge in [0.25, 0.3) is 0 Å². The van der Waals surface area contributed by atoms with E-state index in [1.807, 2.05) is 19.2 Å². The van der Waals surface area contributed by atoms with Crippen molar-refractivity contribution in [3.8, 4) is 0 Å². The molecule has 0 aromatic carbocycles. The van der Waals surface area contributed by atoms with Gasteiger partial charge in [-0.3, -0.25) is 4.98 Å². The Labute approximate surface area is 90.5 Å². The lowest BCUT2D eigenvalue weighted by atomic mass is 9.90. The van der Waals surface area contributed by atoms with Crippen molar-refractivity contribution in [2.24, 2.45) is 5.92 Å². The van der Waals surface area contributed by atoms with E-state index in [0.717, 1.165) is 37.1 Å². The van der Waals surface area contributed by atoms with E-state index in [1.54, 1.807) is 6.20 Å². The zero-order valence-electron chi connectivity index (χ0n) is 9.11. The van der Waals surface area contributed by atoms with Crippen LogP contribution in [0, 0.1) is 12.8 Å². The van der Waals surface area contributed by atoms with Crippen LogP contribution in [0.25, 0.3) is 0 Å². The minimum absolute atomic E-state index is 0.336. The van der Waals surface area contributed by atoms with E-state index >= 15 is 0 Å². The zero-order chi connectivity index (χ0) is 10.7. The van der Waals surface area contributed by atoms with Crippen LogP contribution in [0.1, 0.15) is 30.1 Å². The van der Waals surface area contributed by atoms with Gasteiger partial charge in [0.15, 0.2) is 0 Å². The predicted molar refractivity (Wildman–Crippen MR) is 59.5 cm³/mol. The second-order valence-corrected chi connectivity index (χ2v) is 4.35. The van der Waals surface area contributed by atoms with Crippen LogP contribution in [0.4, 0.5) is 0 Å². The van der Waals surface area contributed by atoms with Gasteiger partial charge >= 0.3 is 0 Å². The van der Waals surface area contributed by atoms with Crippen molar-refractivity contribution in [2.75, 3.05) is 13.1 Å². The second-order valence-electron chi connectivity index (χ2n) is 4.35. The first-order chi connectivity index (χ1) is 7.27. The molecule has 1 saturated heterocycles. The van der Waals surface area contributed by atoms with E-state index in [2.05, 4.69) is 10.3 Å². The lowest BCUT2D eigenvalue weighted by Gasteiger charge is -2.27. The number of aromatic nitrogens is 1. The molecule has 1 fully saturated rings. The normalized spacial score (nSPS) is 23.7. The Bertz CT molecular complexity index is 321. The quantitative estimate of drug-likeness (QED) is 0.769. The lowest BCUT2D eigenvalue weighted by Crippen LogP contribution is -2.33. The Kier molecular flexibility index (Phi) is 3.34. The molecule has 3 nitrogen and oxygen atoms in total. The fourth-order valence-corrected chi connectivity index (χ4v) is 2.16. The first kappa shape index (κ1) is 10.6. The van der Waals surface area contributed by atoms with Crippen molar-refractivity contribution in [1.29, 1.82) is 0 Å². The summed E-state index contributed by atoms with van der Waals surface area (Å²) in [7, 11) is 0. The molecule has 3 heteroatoms. The molecule has 2 atom stereocenters. The maximum atomic E-state index is 10.2. The zero-order valence-corrected chi connectivity index (χ0v) is 9.11. The van der Waals surface area contributed by atoms with E-state index in [1.165, 1.54) is 0 Å². The molecule has 1 aliphatic heterocycles. The third kappa shape index (κ3) is 2.55. The minimum Gasteiger partial charge on any atom is -0.388 e. The summed E-state index contributed by atoms with van der Waals surface area (Å²) in [5.41, 5.74) is 2.05. The molecule has 2 heterocycles. The molecule has 0 radical (unpaired) electrons. The number of hydrogen-bond donors (Lipinski definition) is 2. The van der Waals surface area contributed by atoms with Crippen molar-refractivity contribution in [3.63, 3.8) is 0 Å². The first-order valence-electron chi connectivity index (χ1n) is 5.57. The molecule has 0 amide bonds. The molecule has 82 valence electrons. The molecule has 0 saturated carbocycles. The Morgan fingerprint density at radius 1 is 1.53 bits per heavy atom. The number of aliphatic hydroxyl groups is 1. The molecule has 0 spiro atoms. The van der Waals surface area contributed by atoms with Gasteiger partial charge in [-0.15, -0.1) is 0 Å². The van der Waals surface area contributed by atoms with Gasteiger partial charge in [0.1, 0.15) is 0 Å². The molecule has 1 aromatic rings. The molecular weight excluding hydrogens is 188 g/mol. The van der Waals surface area contributed by atoms with Gasteiger partial charge in [-0.1, -0.05) is 6.07 Å². The van der Waals surface area contributed by atoms with Crippen molar-refractivity contribution >= 4 is 0 Å². The summed E-state index contributed by atoms with van der Waals surface area (Å²) < 4.78 is 0. The molecule has 2 rings (SSSR count). The molecule has 0 aliphatic carbocycles. The fraction of sp³-hybridized carbons (Fsp3) is 0.583. The second kappa shape index (κ2) is 4.73. The molecule has 2 unspecified atom stereocenters. The van der Waals surface area contributed by atoms with E-state index in [9.17, 15) is 5.11 Å². The first-order valence-corrected chi connectivity index (χ1v) is 5.57. The van der Waals surface area contributed by atoms with Crippen LogP contribution in [0.5, 0.6) is 0 Å². The number of pyridine rings is 1. The topological polar surface area (TPSA) is 45.2 Å². The van der Waals surface area contributed by atoms with E-state index in [4.69, 9.17) is 0 Å². The highest BCUT2D eigenvalue weighted by Crippen LogP contribution is 2.26. The Balaban J connectivity index is 2.08. The fourth-order valence-electron chi connectivity index (χ4n) is 2.16.